The van der Waals surface area contributed by atoms with Gasteiger partial charge in [-0.05, 0) is 85.3 Å². The van der Waals surface area contributed by atoms with Gasteiger partial charge in [0.15, 0.2) is 0 Å². The summed E-state index contributed by atoms with van der Waals surface area (Å²) in [5.41, 5.74) is 11.8. The van der Waals surface area contributed by atoms with Crippen LogP contribution in [-0.2, 0) is 6.42 Å². The molecule has 5 aromatic carbocycles. The Labute approximate surface area is 251 Å². The van der Waals surface area contributed by atoms with E-state index in [1.54, 1.807) is 23.6 Å². The largest absolute Gasteiger partial charge is 0.507 e. The highest BCUT2D eigenvalue weighted by atomic mass is 32.1. The Bertz CT molecular complexity index is 1880. The fourth-order valence-electron chi connectivity index (χ4n) is 5.45. The fourth-order valence-corrected chi connectivity index (χ4v) is 6.54. The number of nitrogens with zero attached hydrogens (tertiary/aromatic N) is 2. The molecular formula is C38H34N2OS. The molecule has 1 N–H and O–H groups in total. The van der Waals surface area contributed by atoms with E-state index in [1.165, 1.54) is 45.4 Å². The highest BCUT2D eigenvalue weighted by molar-refractivity contribution is 7.21. The molecule has 6 aromatic rings. The van der Waals surface area contributed by atoms with Crippen LogP contribution >= 0.6 is 11.3 Å². The zero-order valence-corrected chi connectivity index (χ0v) is 25.1. The topological polar surface area (TPSA) is 45.5 Å². The van der Waals surface area contributed by atoms with Crippen molar-refractivity contribution in [3.63, 3.8) is 0 Å². The highest BCUT2D eigenvalue weighted by Crippen LogP contribution is 2.40. The minimum Gasteiger partial charge on any atom is -0.507 e. The van der Waals surface area contributed by atoms with Crippen LogP contribution in [0.4, 0.5) is 5.69 Å². The van der Waals surface area contributed by atoms with Crippen molar-refractivity contribution in [2.45, 2.75) is 40.0 Å². The van der Waals surface area contributed by atoms with Gasteiger partial charge in [0.2, 0.25) is 0 Å². The van der Waals surface area contributed by atoms with Crippen molar-refractivity contribution in [1.29, 1.82) is 0 Å². The first-order chi connectivity index (χ1) is 20.5. The lowest BCUT2D eigenvalue weighted by atomic mass is 9.99. The lowest BCUT2D eigenvalue weighted by molar-refractivity contribution is 0.474. The lowest BCUT2D eigenvalue weighted by Gasteiger charge is -2.08. The summed E-state index contributed by atoms with van der Waals surface area (Å²) >= 11 is 1.71. The Balaban J connectivity index is 1.40. The molecule has 0 bridgehead atoms. The molecule has 0 radical (unpaired) electrons. The highest BCUT2D eigenvalue weighted by Gasteiger charge is 2.15. The second-order valence-electron chi connectivity index (χ2n) is 10.9. The normalized spacial score (nSPS) is 11.5. The monoisotopic (exact) mass is 566 g/mol. The van der Waals surface area contributed by atoms with Crippen molar-refractivity contribution in [3.8, 4) is 38.6 Å². The zero-order valence-electron chi connectivity index (χ0n) is 24.3. The number of aromatic hydroxyl groups is 1. The molecule has 6 rings (SSSR count). The molecular weight excluding hydrogens is 532 g/mol. The molecule has 0 aliphatic carbocycles. The number of unbranched alkanes of at least 4 members (excludes halogenated alkanes) is 1. The Kier molecular flexibility index (Phi) is 7.98. The fraction of sp³-hybridized carbons (Fsp3) is 0.158. The van der Waals surface area contributed by atoms with Crippen LogP contribution in [0.3, 0.4) is 0 Å². The van der Waals surface area contributed by atoms with E-state index in [1.807, 2.05) is 30.3 Å². The predicted molar refractivity (Wildman–Crippen MR) is 179 cm³/mol. The van der Waals surface area contributed by atoms with Gasteiger partial charge in [0.25, 0.3) is 0 Å². The average molecular weight is 567 g/mol. The van der Waals surface area contributed by atoms with Crippen LogP contribution in [0.25, 0.3) is 43.0 Å². The van der Waals surface area contributed by atoms with Crippen LogP contribution in [0, 0.1) is 13.8 Å². The number of hydrogen-bond acceptors (Lipinski definition) is 4. The van der Waals surface area contributed by atoms with Crippen molar-refractivity contribution < 1.29 is 5.11 Å². The summed E-state index contributed by atoms with van der Waals surface area (Å²) in [5, 5.41) is 11.6. The zero-order chi connectivity index (χ0) is 29.1. The Morgan fingerprint density at radius 2 is 1.52 bits per heavy atom. The van der Waals surface area contributed by atoms with Gasteiger partial charge >= 0.3 is 0 Å². The minimum atomic E-state index is 0.205. The van der Waals surface area contributed by atoms with Gasteiger partial charge in [0.05, 0.1) is 15.9 Å². The van der Waals surface area contributed by atoms with Crippen LogP contribution in [0.15, 0.2) is 108 Å². The maximum absolute atomic E-state index is 10.7. The Hall–Kier alpha value is -4.54. The van der Waals surface area contributed by atoms with E-state index in [0.29, 0.717) is 5.56 Å². The summed E-state index contributed by atoms with van der Waals surface area (Å²) in [4.78, 5) is 10.1. The van der Waals surface area contributed by atoms with Gasteiger partial charge in [-0.25, -0.2) is 4.98 Å². The van der Waals surface area contributed by atoms with Crippen LogP contribution in [0.5, 0.6) is 5.75 Å². The Morgan fingerprint density at radius 1 is 0.762 bits per heavy atom. The smallest absolute Gasteiger partial charge is 0.126 e. The molecule has 0 spiro atoms. The molecule has 42 heavy (non-hydrogen) atoms. The number of benzene rings is 5. The van der Waals surface area contributed by atoms with Crippen molar-refractivity contribution in [2.24, 2.45) is 4.99 Å². The first-order valence-corrected chi connectivity index (χ1v) is 15.3. The molecule has 3 nitrogen and oxygen atoms in total. The van der Waals surface area contributed by atoms with Crippen molar-refractivity contribution in [2.75, 3.05) is 0 Å². The van der Waals surface area contributed by atoms with Gasteiger partial charge < -0.3 is 5.11 Å². The summed E-state index contributed by atoms with van der Waals surface area (Å²) in [6, 6.07) is 35.5. The molecule has 0 saturated carbocycles. The van der Waals surface area contributed by atoms with E-state index in [4.69, 9.17) is 9.98 Å². The maximum Gasteiger partial charge on any atom is 0.126 e. The summed E-state index contributed by atoms with van der Waals surface area (Å²) in [7, 11) is 0. The van der Waals surface area contributed by atoms with E-state index in [-0.39, 0.29) is 5.75 Å². The van der Waals surface area contributed by atoms with E-state index in [9.17, 15) is 5.11 Å². The average Bonchev–Trinajstić information content (AvgIpc) is 3.43. The van der Waals surface area contributed by atoms with Crippen molar-refractivity contribution in [3.05, 3.63) is 125 Å². The molecule has 0 atom stereocenters. The van der Waals surface area contributed by atoms with E-state index >= 15 is 0 Å². The van der Waals surface area contributed by atoms with Crippen molar-refractivity contribution in [1.82, 2.24) is 4.98 Å². The summed E-state index contributed by atoms with van der Waals surface area (Å²) in [6.07, 6.45) is 5.15. The molecule has 0 amide bonds. The molecule has 4 heteroatoms. The van der Waals surface area contributed by atoms with Gasteiger partial charge in [-0.1, -0.05) is 91.2 Å². The van der Waals surface area contributed by atoms with E-state index < -0.39 is 0 Å². The van der Waals surface area contributed by atoms with Crippen LogP contribution in [-0.4, -0.2) is 16.3 Å². The number of aryl methyl sites for hydroxylation is 3. The number of para-hydroxylation sites is 1. The molecule has 0 saturated heterocycles. The van der Waals surface area contributed by atoms with Crippen LogP contribution < -0.4 is 0 Å². The number of fused-ring (bicyclic) bond motifs is 1. The van der Waals surface area contributed by atoms with Gasteiger partial charge in [0.1, 0.15) is 10.8 Å². The third-order valence-electron chi connectivity index (χ3n) is 7.52. The number of thiazole rings is 1. The second kappa shape index (κ2) is 12.1. The summed E-state index contributed by atoms with van der Waals surface area (Å²) < 4.78 is 1.19. The molecule has 0 aliphatic rings. The summed E-state index contributed by atoms with van der Waals surface area (Å²) in [5.74, 6) is 0.205. The first kappa shape index (κ1) is 27.6. The van der Waals surface area contributed by atoms with E-state index in [2.05, 4.69) is 87.5 Å². The molecule has 1 heterocycles. The Morgan fingerprint density at radius 3 is 2.31 bits per heavy atom. The van der Waals surface area contributed by atoms with Crippen LogP contribution in [0.1, 0.15) is 42.0 Å². The molecule has 0 unspecified atom stereocenters. The predicted octanol–water partition coefficient (Wildman–Crippen LogP) is 10.7. The summed E-state index contributed by atoms with van der Waals surface area (Å²) in [6.45, 7) is 6.44. The van der Waals surface area contributed by atoms with Gasteiger partial charge in [-0.2, -0.15) is 0 Å². The minimum absolute atomic E-state index is 0.205. The SMILES string of the molecule is CCCCc1cc(-c2ccccc2)c2nc(-c3ccccc3/N=C/c3cc(-c4cc(C)cc(C)c4)ccc3O)sc2c1. The molecule has 0 aliphatic heterocycles. The van der Waals surface area contributed by atoms with Gasteiger partial charge in [-0.3, -0.25) is 4.99 Å². The van der Waals surface area contributed by atoms with E-state index in [0.717, 1.165) is 39.3 Å². The third-order valence-corrected chi connectivity index (χ3v) is 8.55. The molecule has 1 aromatic heterocycles. The number of rotatable bonds is 8. The second-order valence-corrected chi connectivity index (χ2v) is 11.9. The van der Waals surface area contributed by atoms with Gasteiger partial charge in [-0.15, -0.1) is 11.3 Å². The van der Waals surface area contributed by atoms with Gasteiger partial charge in [0, 0.05) is 22.9 Å². The standard InChI is InChI=1S/C38H34N2OS/c1-4-5-11-27-21-33(28-12-7-6-8-13-28)37-36(22-27)42-38(40-37)32-14-9-10-15-34(32)39-24-31-23-29(16-17-35(31)41)30-19-25(2)18-26(3)20-30/h6-10,12-24,41H,4-5,11H2,1-3H3/b39-24+. The molecule has 0 fully saturated rings. The number of phenols is 1. The van der Waals surface area contributed by atoms with Crippen LogP contribution in [0.2, 0.25) is 0 Å². The number of phenolic OH excluding ortho intramolecular Hbond substituents is 1. The number of hydrogen-bond donors (Lipinski definition) is 1. The van der Waals surface area contributed by atoms with Crippen molar-refractivity contribution >= 4 is 33.5 Å². The maximum atomic E-state index is 10.7. The number of aromatic nitrogens is 1. The number of aliphatic imine (C=N–C) groups is 1. The quantitative estimate of drug-likeness (QED) is 0.186. The third kappa shape index (κ3) is 5.90. The lowest BCUT2D eigenvalue weighted by Crippen LogP contribution is -1.88. The molecule has 208 valence electrons. The first-order valence-electron chi connectivity index (χ1n) is 14.5.